The zero-order chi connectivity index (χ0) is 14.8. The average Bonchev–Trinajstić information content (AvgIpc) is 2.87. The number of benzene rings is 1. The number of hydrogen-bond donors (Lipinski definition) is 2. The van der Waals surface area contributed by atoms with E-state index < -0.39 is 0 Å². The molecule has 1 aromatic carbocycles. The molecule has 110 valence electrons. The van der Waals surface area contributed by atoms with E-state index in [1.165, 1.54) is 0 Å². The molecule has 0 aliphatic carbocycles. The Bertz CT molecular complexity index is 650. The molecular weight excluding hydrogens is 270 g/mol. The molecule has 7 nitrogen and oxygen atoms in total. The van der Waals surface area contributed by atoms with Gasteiger partial charge in [-0.2, -0.15) is 0 Å². The van der Waals surface area contributed by atoms with Crippen LogP contribution in [0.4, 0.5) is 5.69 Å². The Labute approximate surface area is 122 Å². The van der Waals surface area contributed by atoms with Crippen molar-refractivity contribution in [3.8, 4) is 5.75 Å². The maximum Gasteiger partial charge on any atom is 0.280 e. The highest BCUT2D eigenvalue weighted by Gasteiger charge is 2.24. The summed E-state index contributed by atoms with van der Waals surface area (Å²) in [5.74, 6) is -0.0930. The Morgan fingerprint density at radius 1 is 1.52 bits per heavy atom. The number of nitrogens with one attached hydrogen (secondary N) is 1. The Hall–Kier alpha value is -2.41. The minimum absolute atomic E-state index is 0.128. The highest BCUT2D eigenvalue weighted by Crippen LogP contribution is 2.21. The van der Waals surface area contributed by atoms with Gasteiger partial charge in [0.05, 0.1) is 12.2 Å². The molecule has 3 rings (SSSR count). The summed E-state index contributed by atoms with van der Waals surface area (Å²) in [7, 11) is 0. The van der Waals surface area contributed by atoms with Crippen LogP contribution in [0.5, 0.6) is 5.75 Å². The smallest absolute Gasteiger partial charge is 0.280 e. The van der Waals surface area contributed by atoms with E-state index in [2.05, 4.69) is 15.6 Å². The van der Waals surface area contributed by atoms with E-state index in [0.717, 1.165) is 13.1 Å². The van der Waals surface area contributed by atoms with Crippen molar-refractivity contribution in [2.24, 2.45) is 0 Å². The third-order valence-electron chi connectivity index (χ3n) is 3.57. The minimum Gasteiger partial charge on any atom is -0.508 e. The molecule has 2 N–H and O–H groups in total. The summed E-state index contributed by atoms with van der Waals surface area (Å²) in [6, 6.07) is 6.89. The number of anilines is 1. The number of aromatic hydroxyl groups is 1. The largest absolute Gasteiger partial charge is 0.508 e. The van der Waals surface area contributed by atoms with Crippen LogP contribution in [0.15, 0.2) is 30.5 Å². The summed E-state index contributed by atoms with van der Waals surface area (Å²) in [4.78, 5) is 14.1. The van der Waals surface area contributed by atoms with Gasteiger partial charge in [-0.15, -0.1) is 5.10 Å². The van der Waals surface area contributed by atoms with Gasteiger partial charge in [-0.25, -0.2) is 4.68 Å². The summed E-state index contributed by atoms with van der Waals surface area (Å²) < 4.78 is 1.72. The van der Waals surface area contributed by atoms with Crippen molar-refractivity contribution in [1.82, 2.24) is 20.3 Å². The monoisotopic (exact) mass is 287 g/mol. The van der Waals surface area contributed by atoms with Crippen LogP contribution in [0, 0.1) is 0 Å². The van der Waals surface area contributed by atoms with Crippen molar-refractivity contribution in [2.75, 3.05) is 24.5 Å². The van der Waals surface area contributed by atoms with Gasteiger partial charge >= 0.3 is 0 Å². The Balaban J connectivity index is 1.83. The molecule has 1 aliphatic rings. The Morgan fingerprint density at radius 3 is 2.95 bits per heavy atom. The lowest BCUT2D eigenvalue weighted by Gasteiger charge is -2.26. The van der Waals surface area contributed by atoms with Gasteiger partial charge in [0.1, 0.15) is 5.75 Å². The molecule has 1 fully saturated rings. The maximum atomic E-state index is 12.5. The number of carbonyl (C=O) groups excluding carboxylic acids is 1. The number of phenolic OH excluding ortho intramolecular Hbond substituents is 1. The first-order valence-corrected chi connectivity index (χ1v) is 6.92. The van der Waals surface area contributed by atoms with E-state index in [1.54, 1.807) is 40.0 Å². The predicted molar refractivity (Wildman–Crippen MR) is 77.4 cm³/mol. The molecule has 0 unspecified atom stereocenters. The van der Waals surface area contributed by atoms with Gasteiger partial charge in [0.25, 0.3) is 5.91 Å². The lowest BCUT2D eigenvalue weighted by atomic mass is 10.2. The van der Waals surface area contributed by atoms with Crippen LogP contribution in [-0.2, 0) is 0 Å². The predicted octanol–water partition coefficient (Wildman–Crippen LogP) is 0.795. The van der Waals surface area contributed by atoms with Crippen molar-refractivity contribution in [3.05, 3.63) is 36.2 Å². The van der Waals surface area contributed by atoms with Gasteiger partial charge in [0.15, 0.2) is 5.69 Å². The molecule has 0 bridgehead atoms. The zero-order valence-corrected chi connectivity index (χ0v) is 11.7. The van der Waals surface area contributed by atoms with E-state index in [1.807, 2.05) is 6.92 Å². The second-order valence-corrected chi connectivity index (χ2v) is 4.97. The summed E-state index contributed by atoms with van der Waals surface area (Å²) in [5, 5.41) is 20.7. The topological polar surface area (TPSA) is 83.3 Å². The number of rotatable bonds is 4. The minimum atomic E-state index is -0.221. The van der Waals surface area contributed by atoms with Gasteiger partial charge in [-0.1, -0.05) is 11.3 Å². The molecule has 0 spiro atoms. The number of nitrogens with zero attached hydrogens (tertiary/aromatic N) is 4. The molecule has 1 aliphatic heterocycles. The summed E-state index contributed by atoms with van der Waals surface area (Å²) >= 11 is 0. The Kier molecular flexibility index (Phi) is 3.57. The number of hydrogen-bond acceptors (Lipinski definition) is 5. The second-order valence-electron chi connectivity index (χ2n) is 4.97. The number of aromatic nitrogens is 3. The molecule has 2 aromatic rings. The van der Waals surface area contributed by atoms with Crippen LogP contribution in [0.1, 0.15) is 23.5 Å². The van der Waals surface area contributed by atoms with E-state index >= 15 is 0 Å². The first kappa shape index (κ1) is 13.6. The molecular formula is C14H17N5O2. The van der Waals surface area contributed by atoms with Gasteiger partial charge in [0, 0.05) is 31.4 Å². The third kappa shape index (κ3) is 2.59. The first-order chi connectivity index (χ1) is 10.2. The van der Waals surface area contributed by atoms with E-state index in [4.69, 9.17) is 0 Å². The van der Waals surface area contributed by atoms with Crippen molar-refractivity contribution < 1.29 is 9.90 Å². The van der Waals surface area contributed by atoms with E-state index in [9.17, 15) is 9.90 Å². The van der Waals surface area contributed by atoms with E-state index in [-0.39, 0.29) is 17.7 Å². The van der Waals surface area contributed by atoms with Gasteiger partial charge in [-0.3, -0.25) is 4.79 Å². The van der Waals surface area contributed by atoms with Crippen LogP contribution in [0.3, 0.4) is 0 Å². The highest BCUT2D eigenvalue weighted by molar-refractivity contribution is 6.04. The molecule has 1 aromatic heterocycles. The fraction of sp³-hybridized carbons (Fsp3) is 0.357. The normalized spacial score (nSPS) is 14.7. The third-order valence-corrected chi connectivity index (χ3v) is 3.57. The van der Waals surface area contributed by atoms with Crippen LogP contribution in [0.2, 0.25) is 0 Å². The quantitative estimate of drug-likeness (QED) is 0.869. The molecule has 21 heavy (non-hydrogen) atoms. The fourth-order valence-corrected chi connectivity index (χ4v) is 2.26. The van der Waals surface area contributed by atoms with Crippen molar-refractivity contribution in [2.45, 2.75) is 13.0 Å². The lowest BCUT2D eigenvalue weighted by molar-refractivity contribution is 0.0983. The molecule has 1 saturated heterocycles. The SMILES string of the molecule is CCN(C(=O)c1cn(C2CNC2)nn1)c1cccc(O)c1. The standard InChI is InChI=1S/C14H17N5O2/c1-2-18(10-4-3-5-12(20)6-10)14(21)13-9-19(17-16-13)11-7-15-8-11/h3-6,9,11,15,20H,2,7-8H2,1H3. The summed E-state index contributed by atoms with van der Waals surface area (Å²) in [5.41, 5.74) is 0.953. The average molecular weight is 287 g/mol. The van der Waals surface area contributed by atoms with Crippen LogP contribution in [-0.4, -0.2) is 45.6 Å². The first-order valence-electron chi connectivity index (χ1n) is 6.92. The van der Waals surface area contributed by atoms with Gasteiger partial charge in [-0.05, 0) is 19.1 Å². The number of amides is 1. The highest BCUT2D eigenvalue weighted by atomic mass is 16.3. The molecule has 0 saturated carbocycles. The lowest BCUT2D eigenvalue weighted by Crippen LogP contribution is -2.43. The van der Waals surface area contributed by atoms with Gasteiger partial charge < -0.3 is 15.3 Å². The van der Waals surface area contributed by atoms with Gasteiger partial charge in [0.2, 0.25) is 0 Å². The molecule has 2 heterocycles. The van der Waals surface area contributed by atoms with Crippen LogP contribution in [0.25, 0.3) is 0 Å². The van der Waals surface area contributed by atoms with Crippen molar-refractivity contribution in [3.63, 3.8) is 0 Å². The zero-order valence-electron chi connectivity index (χ0n) is 11.7. The maximum absolute atomic E-state index is 12.5. The van der Waals surface area contributed by atoms with Crippen molar-refractivity contribution >= 4 is 11.6 Å². The number of phenols is 1. The molecule has 7 heteroatoms. The molecule has 1 amide bonds. The van der Waals surface area contributed by atoms with Crippen LogP contribution >= 0.6 is 0 Å². The Morgan fingerprint density at radius 2 is 2.33 bits per heavy atom. The molecule has 0 radical (unpaired) electrons. The van der Waals surface area contributed by atoms with Crippen LogP contribution < -0.4 is 10.2 Å². The summed E-state index contributed by atoms with van der Waals surface area (Å²) in [6.45, 7) is 4.06. The fourth-order valence-electron chi connectivity index (χ4n) is 2.26. The molecule has 0 atom stereocenters. The summed E-state index contributed by atoms with van der Waals surface area (Å²) in [6.07, 6.45) is 1.68. The number of carbonyl (C=O) groups is 1. The van der Waals surface area contributed by atoms with E-state index in [0.29, 0.717) is 17.9 Å². The second kappa shape index (κ2) is 5.53. The van der Waals surface area contributed by atoms with Crippen molar-refractivity contribution in [1.29, 1.82) is 0 Å².